The number of hydrogen-bond acceptors (Lipinski definition) is 3. The Balaban J connectivity index is 2.05. The van der Waals surface area contributed by atoms with E-state index in [0.29, 0.717) is 17.2 Å². The van der Waals surface area contributed by atoms with Crippen molar-refractivity contribution in [1.82, 2.24) is 4.98 Å². The third-order valence-corrected chi connectivity index (χ3v) is 3.11. The molecule has 1 N–H and O–H groups in total. The molecule has 0 aliphatic carbocycles. The van der Waals surface area contributed by atoms with Crippen molar-refractivity contribution < 1.29 is 9.47 Å². The predicted octanol–water partition coefficient (Wildman–Crippen LogP) is 3.43. The Bertz CT molecular complexity index is 851. The molecule has 0 saturated heterocycles. The van der Waals surface area contributed by atoms with Gasteiger partial charge in [-0.15, -0.1) is 0 Å². The first-order valence-corrected chi connectivity index (χ1v) is 5.93. The summed E-state index contributed by atoms with van der Waals surface area (Å²) in [5.74, 6) is 1.84. The number of pyridine rings is 1. The molecule has 0 bridgehead atoms. The summed E-state index contributed by atoms with van der Waals surface area (Å²) in [6.07, 6.45) is 0. The van der Waals surface area contributed by atoms with Gasteiger partial charge in [0.15, 0.2) is 17.2 Å². The van der Waals surface area contributed by atoms with Crippen molar-refractivity contribution in [2.24, 2.45) is 0 Å². The van der Waals surface area contributed by atoms with Crippen LogP contribution in [-0.2, 0) is 0 Å². The lowest BCUT2D eigenvalue weighted by molar-refractivity contribution is 0.359. The molecular weight excluding hydrogens is 242 g/mol. The summed E-state index contributed by atoms with van der Waals surface area (Å²) in [6, 6.07) is 14.8. The quantitative estimate of drug-likeness (QED) is 0.521. The highest BCUT2D eigenvalue weighted by molar-refractivity contribution is 5.88. The second-order valence-corrected chi connectivity index (χ2v) is 4.31. The number of benzene rings is 2. The highest BCUT2D eigenvalue weighted by Gasteiger charge is 2.23. The van der Waals surface area contributed by atoms with Gasteiger partial charge in [-0.3, -0.25) is 4.79 Å². The summed E-state index contributed by atoms with van der Waals surface area (Å²) >= 11 is 0. The van der Waals surface area contributed by atoms with Crippen LogP contribution < -0.4 is 15.0 Å². The minimum absolute atomic E-state index is 0.206. The van der Waals surface area contributed by atoms with Crippen LogP contribution in [0.25, 0.3) is 10.9 Å². The minimum Gasteiger partial charge on any atom is -0.449 e. The van der Waals surface area contributed by atoms with Gasteiger partial charge < -0.3 is 14.5 Å². The third-order valence-electron chi connectivity index (χ3n) is 3.11. The van der Waals surface area contributed by atoms with Crippen molar-refractivity contribution in [3.63, 3.8) is 0 Å². The van der Waals surface area contributed by atoms with Gasteiger partial charge in [-0.05, 0) is 24.3 Å². The van der Waals surface area contributed by atoms with E-state index in [1.54, 1.807) is 6.07 Å². The number of aromatic amines is 1. The lowest BCUT2D eigenvalue weighted by Gasteiger charge is -2.20. The maximum absolute atomic E-state index is 12.0. The van der Waals surface area contributed by atoms with E-state index in [-0.39, 0.29) is 11.3 Å². The molecule has 1 aliphatic heterocycles. The van der Waals surface area contributed by atoms with E-state index >= 15 is 0 Å². The molecule has 0 amide bonds. The van der Waals surface area contributed by atoms with Crippen LogP contribution >= 0.6 is 0 Å². The highest BCUT2D eigenvalue weighted by atomic mass is 16.6. The average Bonchev–Trinajstić information content (AvgIpc) is 2.46. The van der Waals surface area contributed by atoms with E-state index in [0.717, 1.165) is 10.9 Å². The van der Waals surface area contributed by atoms with Crippen LogP contribution in [0.5, 0.6) is 23.0 Å². The molecule has 19 heavy (non-hydrogen) atoms. The monoisotopic (exact) mass is 251 g/mol. The van der Waals surface area contributed by atoms with Gasteiger partial charge in [0, 0.05) is 5.39 Å². The Kier molecular flexibility index (Phi) is 1.94. The number of aromatic nitrogens is 1. The first-order chi connectivity index (χ1) is 9.33. The lowest BCUT2D eigenvalue weighted by Crippen LogP contribution is -2.13. The average molecular weight is 251 g/mol. The fraction of sp³-hybridized carbons (Fsp3) is 0. The van der Waals surface area contributed by atoms with Crippen molar-refractivity contribution in [1.29, 1.82) is 0 Å². The Morgan fingerprint density at radius 2 is 1.42 bits per heavy atom. The van der Waals surface area contributed by atoms with Gasteiger partial charge >= 0.3 is 0 Å². The predicted molar refractivity (Wildman–Crippen MR) is 71.2 cm³/mol. The normalized spacial score (nSPS) is 12.2. The molecule has 0 saturated carbocycles. The van der Waals surface area contributed by atoms with Crippen molar-refractivity contribution in [2.75, 3.05) is 0 Å². The first kappa shape index (κ1) is 10.2. The summed E-state index contributed by atoms with van der Waals surface area (Å²) in [5.41, 5.74) is 0.442. The van der Waals surface area contributed by atoms with Crippen LogP contribution in [0.2, 0.25) is 0 Å². The van der Waals surface area contributed by atoms with Gasteiger partial charge in [-0.1, -0.05) is 24.3 Å². The molecule has 1 aromatic heterocycles. The molecule has 92 valence electrons. The van der Waals surface area contributed by atoms with Crippen molar-refractivity contribution in [2.45, 2.75) is 0 Å². The van der Waals surface area contributed by atoms with Crippen LogP contribution in [0.1, 0.15) is 0 Å². The molecule has 2 aromatic carbocycles. The van der Waals surface area contributed by atoms with Gasteiger partial charge in [-0.25, -0.2) is 0 Å². The van der Waals surface area contributed by atoms with Gasteiger partial charge in [0.25, 0.3) is 5.56 Å². The summed E-state index contributed by atoms with van der Waals surface area (Å²) in [7, 11) is 0. The van der Waals surface area contributed by atoms with Crippen molar-refractivity contribution >= 4 is 10.9 Å². The van der Waals surface area contributed by atoms with Gasteiger partial charge in [0.05, 0.1) is 5.52 Å². The second-order valence-electron chi connectivity index (χ2n) is 4.31. The summed E-state index contributed by atoms with van der Waals surface area (Å²) in [6.45, 7) is 0. The molecule has 0 unspecified atom stereocenters. The Morgan fingerprint density at radius 3 is 2.21 bits per heavy atom. The van der Waals surface area contributed by atoms with Crippen LogP contribution in [0.4, 0.5) is 0 Å². The Labute approximate surface area is 108 Å². The van der Waals surface area contributed by atoms with Crippen molar-refractivity contribution in [3.05, 3.63) is 58.9 Å². The molecule has 2 heterocycles. The SMILES string of the molecule is O=c1[nH]c2ccccc2c2c1Oc1ccccc1O2. The van der Waals surface area contributed by atoms with E-state index in [1.165, 1.54) is 0 Å². The Hall–Kier alpha value is -2.75. The molecule has 0 spiro atoms. The number of hydrogen-bond donors (Lipinski definition) is 1. The molecule has 4 nitrogen and oxygen atoms in total. The van der Waals surface area contributed by atoms with Crippen LogP contribution in [0.3, 0.4) is 0 Å². The largest absolute Gasteiger partial charge is 0.449 e. The van der Waals surface area contributed by atoms with E-state index in [4.69, 9.17) is 9.47 Å². The number of rotatable bonds is 0. The number of fused-ring (bicyclic) bond motifs is 4. The zero-order valence-electron chi connectivity index (χ0n) is 9.84. The maximum Gasteiger partial charge on any atom is 0.295 e. The topological polar surface area (TPSA) is 51.3 Å². The lowest BCUT2D eigenvalue weighted by atomic mass is 10.2. The number of ether oxygens (including phenoxy) is 2. The van der Waals surface area contributed by atoms with Crippen molar-refractivity contribution in [3.8, 4) is 23.0 Å². The van der Waals surface area contributed by atoms with E-state index in [1.807, 2.05) is 42.5 Å². The molecule has 1 aliphatic rings. The van der Waals surface area contributed by atoms with Crippen LogP contribution in [0, 0.1) is 0 Å². The number of H-pyrrole nitrogens is 1. The molecule has 0 atom stereocenters. The summed E-state index contributed by atoms with van der Waals surface area (Å²) in [5, 5.41) is 0.826. The summed E-state index contributed by atoms with van der Waals surface area (Å²) < 4.78 is 11.5. The number of para-hydroxylation sites is 3. The molecular formula is C15H9NO3. The fourth-order valence-corrected chi connectivity index (χ4v) is 2.23. The van der Waals surface area contributed by atoms with E-state index in [9.17, 15) is 4.79 Å². The minimum atomic E-state index is -0.289. The smallest absolute Gasteiger partial charge is 0.295 e. The molecule has 0 radical (unpaired) electrons. The van der Waals surface area contributed by atoms with Gasteiger partial charge in [-0.2, -0.15) is 0 Å². The Morgan fingerprint density at radius 1 is 0.789 bits per heavy atom. The molecule has 0 fully saturated rings. The van der Waals surface area contributed by atoms with Crippen LogP contribution in [-0.4, -0.2) is 4.98 Å². The van der Waals surface area contributed by atoms with Gasteiger partial charge in [0.1, 0.15) is 0 Å². The second kappa shape index (κ2) is 3.62. The maximum atomic E-state index is 12.0. The standard InChI is InChI=1S/C15H9NO3/c17-15-14-13(9-5-1-2-6-10(9)16-15)18-11-7-3-4-8-12(11)19-14/h1-8H,(H,16,17). The zero-order chi connectivity index (χ0) is 12.8. The molecule has 4 heteroatoms. The van der Waals surface area contributed by atoms with E-state index in [2.05, 4.69) is 4.98 Å². The first-order valence-electron chi connectivity index (χ1n) is 5.93. The molecule has 4 rings (SSSR count). The zero-order valence-corrected chi connectivity index (χ0v) is 9.84. The highest BCUT2D eigenvalue weighted by Crippen LogP contribution is 2.45. The number of nitrogens with one attached hydrogen (secondary N) is 1. The van der Waals surface area contributed by atoms with Gasteiger partial charge in [0.2, 0.25) is 5.75 Å². The third kappa shape index (κ3) is 1.43. The van der Waals surface area contributed by atoms with Crippen LogP contribution in [0.15, 0.2) is 53.3 Å². The fourth-order valence-electron chi connectivity index (χ4n) is 2.23. The molecule has 3 aromatic rings. The van der Waals surface area contributed by atoms with E-state index < -0.39 is 0 Å². The summed E-state index contributed by atoms with van der Waals surface area (Å²) in [4.78, 5) is 14.8.